The minimum Gasteiger partial charge on any atom is -0.349 e. The Morgan fingerprint density at radius 3 is 2.33 bits per heavy atom. The zero-order valence-corrected chi connectivity index (χ0v) is 21.2. The molecule has 4 fully saturated rings. The average Bonchev–Trinajstić information content (AvgIpc) is 3.30. The molecule has 2 aromatic heterocycles. The summed E-state index contributed by atoms with van der Waals surface area (Å²) in [7, 11) is 0. The van der Waals surface area contributed by atoms with E-state index in [-0.39, 0.29) is 29.3 Å². The normalized spacial score (nSPS) is 29.6. The van der Waals surface area contributed by atoms with Crippen LogP contribution in [0.15, 0.2) is 21.6 Å². The first-order valence-corrected chi connectivity index (χ1v) is 13.7. The van der Waals surface area contributed by atoms with Gasteiger partial charge in [0.1, 0.15) is 11.2 Å². The number of hydrogen-bond acceptors (Lipinski definition) is 5. The summed E-state index contributed by atoms with van der Waals surface area (Å²) in [6.07, 6.45) is 10.5. The van der Waals surface area contributed by atoms with Crippen LogP contribution in [-0.4, -0.2) is 21.8 Å². The Kier molecular flexibility index (Phi) is 5.76. The van der Waals surface area contributed by atoms with Crippen LogP contribution in [0.3, 0.4) is 0 Å². The van der Waals surface area contributed by atoms with Gasteiger partial charge in [-0.25, -0.2) is 0 Å². The average molecular weight is 485 g/mol. The molecular formula is C26H32N2O3S2. The number of aromatic nitrogens is 1. The van der Waals surface area contributed by atoms with Crippen molar-refractivity contribution in [1.82, 2.24) is 9.88 Å². The van der Waals surface area contributed by atoms with Crippen molar-refractivity contribution in [2.24, 2.45) is 23.2 Å². The standard InChI is InChI=1S/C26H32N2O3S2/c1-25(2,3)21(29)10-23-28(24(31)20(33-23)9-16-4-5-32-15-16)14-22(30)27-26-11-17-6-18(12-26)8-19(7-17)13-26/h4-5,9-10,15,17-19H,6-8,11-14H2,1-3H3,(H,27,30)/b20-9+,23-10-. The number of Topliss-reactive ketones (excluding diaryl/α,β-unsaturated/α-hetero) is 1. The number of carbonyl (C=O) groups is 2. The molecule has 4 bridgehead atoms. The number of nitrogens with one attached hydrogen (secondary N) is 1. The fraction of sp³-hybridized carbons (Fsp3) is 0.577. The van der Waals surface area contributed by atoms with E-state index in [9.17, 15) is 14.4 Å². The maximum absolute atomic E-state index is 13.3. The van der Waals surface area contributed by atoms with Crippen LogP contribution in [0.4, 0.5) is 0 Å². The Balaban J connectivity index is 1.46. The Labute approximate surface area is 202 Å². The van der Waals surface area contributed by atoms with E-state index in [1.54, 1.807) is 11.3 Å². The Morgan fingerprint density at radius 1 is 1.15 bits per heavy atom. The first-order valence-electron chi connectivity index (χ1n) is 11.9. The van der Waals surface area contributed by atoms with E-state index in [1.165, 1.54) is 41.2 Å². The molecule has 0 unspecified atom stereocenters. The van der Waals surface area contributed by atoms with Crippen molar-refractivity contribution in [1.29, 1.82) is 0 Å². The maximum atomic E-state index is 13.3. The van der Waals surface area contributed by atoms with Gasteiger partial charge in [-0.15, -0.1) is 11.3 Å². The zero-order chi connectivity index (χ0) is 23.4. The smallest absolute Gasteiger partial charge is 0.269 e. The third-order valence-electron chi connectivity index (χ3n) is 7.52. The van der Waals surface area contributed by atoms with Crippen LogP contribution in [0.5, 0.6) is 0 Å². The van der Waals surface area contributed by atoms with Crippen LogP contribution in [-0.2, 0) is 16.1 Å². The molecule has 0 aliphatic heterocycles. The first kappa shape index (κ1) is 22.8. The van der Waals surface area contributed by atoms with Crippen molar-refractivity contribution in [3.63, 3.8) is 0 Å². The van der Waals surface area contributed by atoms with Crippen LogP contribution in [0.2, 0.25) is 0 Å². The first-order chi connectivity index (χ1) is 15.6. The molecule has 176 valence electrons. The molecule has 4 saturated carbocycles. The van der Waals surface area contributed by atoms with Gasteiger partial charge >= 0.3 is 0 Å². The molecule has 5 nitrogen and oxygen atoms in total. The number of carbonyl (C=O) groups excluding carboxylic acids is 2. The molecule has 0 saturated heterocycles. The Morgan fingerprint density at radius 2 is 1.79 bits per heavy atom. The summed E-state index contributed by atoms with van der Waals surface area (Å²) in [6.45, 7) is 5.54. The molecule has 0 aromatic carbocycles. The van der Waals surface area contributed by atoms with Gasteiger partial charge in [0.15, 0.2) is 5.78 Å². The highest BCUT2D eigenvalue weighted by molar-refractivity contribution is 7.08. The Bertz CT molecular complexity index is 1210. The second kappa shape index (κ2) is 8.35. The summed E-state index contributed by atoms with van der Waals surface area (Å²) in [6, 6.07) is 1.96. The summed E-state index contributed by atoms with van der Waals surface area (Å²) in [4.78, 5) is 39.3. The van der Waals surface area contributed by atoms with Crippen molar-refractivity contribution in [3.8, 4) is 0 Å². The second-order valence-corrected chi connectivity index (χ2v) is 13.2. The van der Waals surface area contributed by atoms with Crippen molar-refractivity contribution < 1.29 is 9.59 Å². The van der Waals surface area contributed by atoms with Crippen LogP contribution < -0.4 is 20.1 Å². The Hall–Kier alpha value is -1.99. The van der Waals surface area contributed by atoms with E-state index in [2.05, 4.69) is 5.32 Å². The molecule has 2 heterocycles. The number of rotatable bonds is 5. The van der Waals surface area contributed by atoms with Crippen molar-refractivity contribution in [3.05, 3.63) is 41.9 Å². The van der Waals surface area contributed by atoms with Gasteiger partial charge in [0.2, 0.25) is 5.91 Å². The van der Waals surface area contributed by atoms with Gasteiger partial charge in [-0.05, 0) is 84.7 Å². The molecule has 1 amide bonds. The van der Waals surface area contributed by atoms with Gasteiger partial charge < -0.3 is 5.32 Å². The largest absolute Gasteiger partial charge is 0.349 e. The third kappa shape index (κ3) is 4.67. The van der Waals surface area contributed by atoms with E-state index >= 15 is 0 Å². The van der Waals surface area contributed by atoms with Gasteiger partial charge in [0, 0.05) is 17.0 Å². The molecule has 1 N–H and O–H groups in total. The van der Waals surface area contributed by atoms with E-state index in [4.69, 9.17) is 0 Å². The van der Waals surface area contributed by atoms with Crippen LogP contribution >= 0.6 is 22.7 Å². The van der Waals surface area contributed by atoms with Gasteiger partial charge in [-0.2, -0.15) is 11.3 Å². The quantitative estimate of drug-likeness (QED) is 0.708. The van der Waals surface area contributed by atoms with E-state index in [1.807, 2.05) is 43.7 Å². The van der Waals surface area contributed by atoms with Crippen LogP contribution in [0, 0.1) is 23.2 Å². The summed E-state index contributed by atoms with van der Waals surface area (Å²) < 4.78 is 2.58. The molecule has 4 aliphatic rings. The van der Waals surface area contributed by atoms with Gasteiger partial charge in [0.05, 0.1) is 4.53 Å². The molecule has 2 aromatic rings. The SMILES string of the molecule is CC(C)(C)C(=O)/C=c1\s/c(=C/c2ccsc2)c(=O)n1CC(=O)NC12CC3CC(CC(C3)C1)C2. The summed E-state index contributed by atoms with van der Waals surface area (Å²) >= 11 is 2.85. The van der Waals surface area contributed by atoms with Crippen LogP contribution in [0.1, 0.15) is 64.9 Å². The van der Waals surface area contributed by atoms with Crippen molar-refractivity contribution >= 4 is 46.5 Å². The number of amides is 1. The summed E-state index contributed by atoms with van der Waals surface area (Å²) in [5, 5.41) is 7.31. The molecular weight excluding hydrogens is 452 g/mol. The van der Waals surface area contributed by atoms with Gasteiger partial charge in [-0.3, -0.25) is 19.0 Å². The predicted molar refractivity (Wildman–Crippen MR) is 134 cm³/mol. The maximum Gasteiger partial charge on any atom is 0.269 e. The minimum atomic E-state index is -0.552. The number of nitrogens with zero attached hydrogens (tertiary/aromatic N) is 1. The lowest BCUT2D eigenvalue weighted by molar-refractivity contribution is -0.127. The highest BCUT2D eigenvalue weighted by Gasteiger charge is 2.51. The lowest BCUT2D eigenvalue weighted by Gasteiger charge is -2.56. The van der Waals surface area contributed by atoms with E-state index in [0.717, 1.165) is 42.6 Å². The highest BCUT2D eigenvalue weighted by Crippen LogP contribution is 2.55. The van der Waals surface area contributed by atoms with Gasteiger partial charge in [-0.1, -0.05) is 20.8 Å². The molecule has 0 spiro atoms. The summed E-state index contributed by atoms with van der Waals surface area (Å²) in [5.74, 6) is 2.04. The number of ketones is 1. The molecule has 0 atom stereocenters. The number of thiazole rings is 1. The summed E-state index contributed by atoms with van der Waals surface area (Å²) in [5.41, 5.74) is 0.100. The number of hydrogen-bond donors (Lipinski definition) is 1. The molecule has 0 radical (unpaired) electrons. The molecule has 6 rings (SSSR count). The van der Waals surface area contributed by atoms with Crippen molar-refractivity contribution in [2.75, 3.05) is 0 Å². The molecule has 4 aliphatic carbocycles. The monoisotopic (exact) mass is 484 g/mol. The predicted octanol–water partition coefficient (Wildman–Crippen LogP) is 3.28. The fourth-order valence-corrected chi connectivity index (χ4v) is 8.03. The van der Waals surface area contributed by atoms with Crippen molar-refractivity contribution in [2.45, 2.75) is 71.4 Å². The van der Waals surface area contributed by atoms with E-state index in [0.29, 0.717) is 9.20 Å². The fourth-order valence-electron chi connectivity index (χ4n) is 6.37. The molecule has 33 heavy (non-hydrogen) atoms. The van der Waals surface area contributed by atoms with Crippen LogP contribution in [0.25, 0.3) is 12.2 Å². The van der Waals surface area contributed by atoms with E-state index < -0.39 is 5.41 Å². The second-order valence-electron chi connectivity index (χ2n) is 11.4. The minimum absolute atomic E-state index is 0.0438. The number of thiophene rings is 1. The van der Waals surface area contributed by atoms with Gasteiger partial charge in [0.25, 0.3) is 5.56 Å². The zero-order valence-electron chi connectivity index (χ0n) is 19.6. The molecule has 7 heteroatoms. The highest BCUT2D eigenvalue weighted by atomic mass is 32.1. The topological polar surface area (TPSA) is 68.2 Å². The third-order valence-corrected chi connectivity index (χ3v) is 9.28. The lowest BCUT2D eigenvalue weighted by atomic mass is 9.53. The lowest BCUT2D eigenvalue weighted by Crippen LogP contribution is -2.60.